The van der Waals surface area contributed by atoms with E-state index < -0.39 is 0 Å². The van der Waals surface area contributed by atoms with Crippen LogP contribution in [0.5, 0.6) is 5.75 Å². The summed E-state index contributed by atoms with van der Waals surface area (Å²) in [5, 5.41) is 2.96. The van der Waals surface area contributed by atoms with Gasteiger partial charge in [0.15, 0.2) is 0 Å². The van der Waals surface area contributed by atoms with Crippen molar-refractivity contribution in [2.45, 2.75) is 12.5 Å². The van der Waals surface area contributed by atoms with Gasteiger partial charge in [-0.05, 0) is 47.4 Å². The zero-order chi connectivity index (χ0) is 19.5. The molecule has 2 amide bonds. The summed E-state index contributed by atoms with van der Waals surface area (Å²) in [4.78, 5) is 14.9. The van der Waals surface area contributed by atoms with Crippen molar-refractivity contribution in [1.82, 2.24) is 4.90 Å². The third-order valence-corrected chi connectivity index (χ3v) is 5.05. The molecule has 28 heavy (non-hydrogen) atoms. The molecule has 4 nitrogen and oxygen atoms in total. The van der Waals surface area contributed by atoms with Crippen LogP contribution >= 0.6 is 0 Å². The van der Waals surface area contributed by atoms with Gasteiger partial charge in [0.1, 0.15) is 11.6 Å². The van der Waals surface area contributed by atoms with Gasteiger partial charge in [-0.1, -0.05) is 42.5 Å². The summed E-state index contributed by atoms with van der Waals surface area (Å²) in [5.74, 6) is 0.386. The van der Waals surface area contributed by atoms with Crippen LogP contribution in [0, 0.1) is 5.82 Å². The van der Waals surface area contributed by atoms with Crippen molar-refractivity contribution in [2.75, 3.05) is 19.0 Å². The first kappa shape index (κ1) is 18.0. The summed E-state index contributed by atoms with van der Waals surface area (Å²) in [6, 6.07) is 21.3. The molecular weight excluding hydrogens is 355 g/mol. The Bertz CT molecular complexity index is 988. The largest absolute Gasteiger partial charge is 0.497 e. The summed E-state index contributed by atoms with van der Waals surface area (Å²) in [5.41, 5.74) is 3.83. The number of fused-ring (bicyclic) bond motifs is 1. The Kier molecular flexibility index (Phi) is 4.98. The molecule has 1 aliphatic rings. The summed E-state index contributed by atoms with van der Waals surface area (Å²) >= 11 is 0. The van der Waals surface area contributed by atoms with E-state index in [4.69, 9.17) is 4.74 Å². The van der Waals surface area contributed by atoms with Gasteiger partial charge in [-0.15, -0.1) is 0 Å². The number of ether oxygens (including phenoxy) is 1. The number of halogens is 1. The predicted octanol–water partition coefficient (Wildman–Crippen LogP) is 5.01. The summed E-state index contributed by atoms with van der Waals surface area (Å²) < 4.78 is 18.7. The first-order valence-corrected chi connectivity index (χ1v) is 9.20. The van der Waals surface area contributed by atoms with E-state index in [1.54, 1.807) is 30.2 Å². The van der Waals surface area contributed by atoms with E-state index in [0.29, 0.717) is 18.0 Å². The van der Waals surface area contributed by atoms with Crippen LogP contribution in [0.25, 0.3) is 0 Å². The maximum atomic E-state index is 13.5. The van der Waals surface area contributed by atoms with Gasteiger partial charge in [-0.25, -0.2) is 9.18 Å². The van der Waals surface area contributed by atoms with Crippen LogP contribution in [0.3, 0.4) is 0 Å². The average molecular weight is 376 g/mol. The minimum absolute atomic E-state index is 0.197. The highest BCUT2D eigenvalue weighted by Gasteiger charge is 2.32. The number of nitrogens with zero attached hydrogens (tertiary/aromatic N) is 1. The van der Waals surface area contributed by atoms with Crippen molar-refractivity contribution < 1.29 is 13.9 Å². The molecule has 0 aromatic heterocycles. The Hall–Kier alpha value is -3.34. The van der Waals surface area contributed by atoms with Crippen molar-refractivity contribution >= 4 is 11.7 Å². The number of carbonyl (C=O) groups is 1. The number of rotatable bonds is 3. The van der Waals surface area contributed by atoms with E-state index in [1.165, 1.54) is 17.7 Å². The lowest BCUT2D eigenvalue weighted by Gasteiger charge is -2.37. The maximum Gasteiger partial charge on any atom is 0.322 e. The second-order valence-corrected chi connectivity index (χ2v) is 6.76. The van der Waals surface area contributed by atoms with Crippen LogP contribution in [-0.2, 0) is 6.42 Å². The topological polar surface area (TPSA) is 41.6 Å². The molecule has 0 saturated heterocycles. The standard InChI is InChI=1S/C23H21FN2O2/c1-28-20-7-4-6-19(15-20)25-23(27)26-14-13-16-5-2-3-8-21(16)22(26)17-9-11-18(24)12-10-17/h2-12,15,22H,13-14H2,1H3,(H,25,27)/t22-/m1/s1. The zero-order valence-electron chi connectivity index (χ0n) is 15.6. The van der Waals surface area contributed by atoms with E-state index in [1.807, 2.05) is 36.4 Å². The second-order valence-electron chi connectivity index (χ2n) is 6.76. The highest BCUT2D eigenvalue weighted by molar-refractivity contribution is 5.90. The van der Waals surface area contributed by atoms with E-state index in [2.05, 4.69) is 11.4 Å². The van der Waals surface area contributed by atoms with Gasteiger partial charge in [-0.2, -0.15) is 0 Å². The summed E-state index contributed by atoms with van der Waals surface area (Å²) in [7, 11) is 1.59. The SMILES string of the molecule is COc1cccc(NC(=O)N2CCc3ccccc3[C@H]2c2ccc(F)cc2)c1. The third kappa shape index (κ3) is 3.56. The fourth-order valence-electron chi connectivity index (χ4n) is 3.69. The monoisotopic (exact) mass is 376 g/mol. The molecular formula is C23H21FN2O2. The Morgan fingerprint density at radius 3 is 2.64 bits per heavy atom. The van der Waals surface area contributed by atoms with Crippen LogP contribution < -0.4 is 10.1 Å². The molecule has 0 fully saturated rings. The maximum absolute atomic E-state index is 13.5. The van der Waals surface area contributed by atoms with Crippen molar-refractivity contribution in [3.8, 4) is 5.75 Å². The first-order chi connectivity index (χ1) is 13.7. The quantitative estimate of drug-likeness (QED) is 0.698. The van der Waals surface area contributed by atoms with Gasteiger partial charge in [0.25, 0.3) is 0 Å². The van der Waals surface area contributed by atoms with Crippen molar-refractivity contribution in [3.05, 3.63) is 95.3 Å². The minimum Gasteiger partial charge on any atom is -0.497 e. The molecule has 3 aromatic carbocycles. The van der Waals surface area contributed by atoms with Gasteiger partial charge in [0, 0.05) is 18.3 Å². The van der Waals surface area contributed by atoms with Gasteiger partial charge >= 0.3 is 6.03 Å². The van der Waals surface area contributed by atoms with Crippen LogP contribution in [-0.4, -0.2) is 24.6 Å². The Morgan fingerprint density at radius 1 is 1.07 bits per heavy atom. The molecule has 3 aromatic rings. The van der Waals surface area contributed by atoms with Gasteiger partial charge < -0.3 is 15.0 Å². The fourth-order valence-corrected chi connectivity index (χ4v) is 3.69. The number of urea groups is 1. The molecule has 1 atom stereocenters. The molecule has 0 unspecified atom stereocenters. The lowest BCUT2D eigenvalue weighted by molar-refractivity contribution is 0.194. The Labute approximate surface area is 163 Å². The molecule has 0 spiro atoms. The molecule has 142 valence electrons. The molecule has 1 aliphatic heterocycles. The number of amides is 2. The molecule has 4 rings (SSSR count). The first-order valence-electron chi connectivity index (χ1n) is 9.20. The molecule has 0 saturated carbocycles. The summed E-state index contributed by atoms with van der Waals surface area (Å²) in [6.45, 7) is 0.578. The predicted molar refractivity (Wildman–Crippen MR) is 107 cm³/mol. The number of hydrogen-bond acceptors (Lipinski definition) is 2. The average Bonchev–Trinajstić information content (AvgIpc) is 2.73. The highest BCUT2D eigenvalue weighted by Crippen LogP contribution is 2.35. The molecule has 0 bridgehead atoms. The van der Waals surface area contributed by atoms with Gasteiger partial charge in [0.2, 0.25) is 0 Å². The van der Waals surface area contributed by atoms with E-state index in [9.17, 15) is 9.18 Å². The second kappa shape index (κ2) is 7.72. The number of hydrogen-bond donors (Lipinski definition) is 1. The molecule has 0 radical (unpaired) electrons. The lowest BCUT2D eigenvalue weighted by atomic mass is 9.88. The Morgan fingerprint density at radius 2 is 1.86 bits per heavy atom. The van der Waals surface area contributed by atoms with E-state index in [0.717, 1.165) is 17.5 Å². The van der Waals surface area contributed by atoms with Gasteiger partial charge in [-0.3, -0.25) is 0 Å². The molecule has 1 heterocycles. The van der Waals surface area contributed by atoms with Crippen molar-refractivity contribution in [3.63, 3.8) is 0 Å². The van der Waals surface area contributed by atoms with Crippen molar-refractivity contribution in [2.24, 2.45) is 0 Å². The van der Waals surface area contributed by atoms with Gasteiger partial charge in [0.05, 0.1) is 13.2 Å². The number of nitrogens with one attached hydrogen (secondary N) is 1. The minimum atomic E-state index is -0.291. The fraction of sp³-hybridized carbons (Fsp3) is 0.174. The normalized spacial score (nSPS) is 15.6. The smallest absolute Gasteiger partial charge is 0.322 e. The van der Waals surface area contributed by atoms with Crippen LogP contribution in [0.4, 0.5) is 14.9 Å². The zero-order valence-corrected chi connectivity index (χ0v) is 15.6. The molecule has 1 N–H and O–H groups in total. The highest BCUT2D eigenvalue weighted by atomic mass is 19.1. The lowest BCUT2D eigenvalue weighted by Crippen LogP contribution is -2.43. The number of benzene rings is 3. The van der Waals surface area contributed by atoms with Crippen LogP contribution in [0.15, 0.2) is 72.8 Å². The van der Waals surface area contributed by atoms with Crippen molar-refractivity contribution in [1.29, 1.82) is 0 Å². The third-order valence-electron chi connectivity index (χ3n) is 5.05. The number of methoxy groups -OCH3 is 1. The number of anilines is 1. The van der Waals surface area contributed by atoms with Crippen LogP contribution in [0.1, 0.15) is 22.7 Å². The number of carbonyl (C=O) groups excluding carboxylic acids is 1. The summed E-state index contributed by atoms with van der Waals surface area (Å²) in [6.07, 6.45) is 0.777. The van der Waals surface area contributed by atoms with E-state index >= 15 is 0 Å². The van der Waals surface area contributed by atoms with Crippen LogP contribution in [0.2, 0.25) is 0 Å². The molecule has 5 heteroatoms. The molecule has 0 aliphatic carbocycles. The Balaban J connectivity index is 1.68. The van der Waals surface area contributed by atoms with E-state index in [-0.39, 0.29) is 17.9 Å².